The second-order valence-corrected chi connectivity index (χ2v) is 6.46. The molecule has 1 saturated carbocycles. The van der Waals surface area contributed by atoms with Crippen molar-refractivity contribution in [2.75, 3.05) is 6.54 Å². The second kappa shape index (κ2) is 6.09. The van der Waals surface area contributed by atoms with E-state index in [1.165, 1.54) is 44.9 Å². The van der Waals surface area contributed by atoms with Gasteiger partial charge in [0.25, 0.3) is 0 Å². The Kier molecular flexibility index (Phi) is 4.22. The first-order chi connectivity index (χ1) is 9.36. The number of hydrogen-bond donors (Lipinski definition) is 1. The van der Waals surface area contributed by atoms with Gasteiger partial charge in [-0.2, -0.15) is 0 Å². The van der Waals surface area contributed by atoms with Crippen molar-refractivity contribution in [3.8, 4) is 0 Å². The molecule has 0 spiro atoms. The van der Waals surface area contributed by atoms with E-state index in [2.05, 4.69) is 36.5 Å². The maximum atomic E-state index is 3.77. The average Bonchev–Trinajstić information content (AvgIpc) is 3.27. The van der Waals surface area contributed by atoms with E-state index in [1.807, 2.05) is 0 Å². The monoisotopic (exact) mass is 257 g/mol. The molecule has 0 aliphatic heterocycles. The molecular formula is C18H27N. The summed E-state index contributed by atoms with van der Waals surface area (Å²) in [6, 6.07) is 9.80. The normalized spacial score (nSPS) is 23.9. The molecule has 1 fully saturated rings. The van der Waals surface area contributed by atoms with E-state index in [4.69, 9.17) is 0 Å². The summed E-state index contributed by atoms with van der Waals surface area (Å²) in [6.07, 6.45) is 9.78. The molecule has 104 valence electrons. The molecule has 2 aliphatic carbocycles. The van der Waals surface area contributed by atoms with Crippen molar-refractivity contribution in [2.24, 2.45) is 11.8 Å². The minimum atomic E-state index is 0.749. The SMILES string of the molecule is CCNC(CCC1CC1)C1CCc2ccccc2C1. The molecule has 2 unspecified atom stereocenters. The Morgan fingerprint density at radius 1 is 1.16 bits per heavy atom. The zero-order valence-corrected chi connectivity index (χ0v) is 12.2. The number of aryl methyl sites for hydroxylation is 1. The summed E-state index contributed by atoms with van der Waals surface area (Å²) in [5, 5.41) is 3.77. The van der Waals surface area contributed by atoms with Crippen LogP contribution in [0.5, 0.6) is 0 Å². The van der Waals surface area contributed by atoms with Crippen LogP contribution in [-0.2, 0) is 12.8 Å². The topological polar surface area (TPSA) is 12.0 Å². The molecule has 0 bridgehead atoms. The van der Waals surface area contributed by atoms with Gasteiger partial charge in [-0.25, -0.2) is 0 Å². The van der Waals surface area contributed by atoms with Gasteiger partial charge in [0.1, 0.15) is 0 Å². The zero-order valence-electron chi connectivity index (χ0n) is 12.2. The molecule has 1 heteroatoms. The molecule has 1 aromatic carbocycles. The summed E-state index contributed by atoms with van der Waals surface area (Å²) in [5.74, 6) is 1.92. The molecule has 0 radical (unpaired) electrons. The quantitative estimate of drug-likeness (QED) is 0.813. The van der Waals surface area contributed by atoms with E-state index in [9.17, 15) is 0 Å². The maximum Gasteiger partial charge on any atom is 0.00986 e. The highest BCUT2D eigenvalue weighted by Crippen LogP contribution is 2.36. The van der Waals surface area contributed by atoms with Gasteiger partial charge in [0.15, 0.2) is 0 Å². The van der Waals surface area contributed by atoms with E-state index >= 15 is 0 Å². The van der Waals surface area contributed by atoms with E-state index in [1.54, 1.807) is 11.1 Å². The zero-order chi connectivity index (χ0) is 13.1. The van der Waals surface area contributed by atoms with Crippen molar-refractivity contribution in [3.05, 3.63) is 35.4 Å². The van der Waals surface area contributed by atoms with Gasteiger partial charge in [0, 0.05) is 6.04 Å². The van der Waals surface area contributed by atoms with Crippen molar-refractivity contribution in [1.82, 2.24) is 5.32 Å². The smallest absolute Gasteiger partial charge is 0.00986 e. The van der Waals surface area contributed by atoms with Crippen molar-refractivity contribution in [1.29, 1.82) is 0 Å². The summed E-state index contributed by atoms with van der Waals surface area (Å²) < 4.78 is 0. The predicted octanol–water partition coefficient (Wildman–Crippen LogP) is 3.96. The van der Waals surface area contributed by atoms with Crippen LogP contribution in [0.2, 0.25) is 0 Å². The van der Waals surface area contributed by atoms with Crippen LogP contribution in [0, 0.1) is 11.8 Å². The average molecular weight is 257 g/mol. The van der Waals surface area contributed by atoms with Gasteiger partial charge < -0.3 is 5.32 Å². The van der Waals surface area contributed by atoms with Crippen LogP contribution in [0.3, 0.4) is 0 Å². The fourth-order valence-electron chi connectivity index (χ4n) is 3.66. The maximum absolute atomic E-state index is 3.77. The van der Waals surface area contributed by atoms with Gasteiger partial charge in [0.2, 0.25) is 0 Å². The van der Waals surface area contributed by atoms with Crippen LogP contribution in [0.1, 0.15) is 50.2 Å². The van der Waals surface area contributed by atoms with Crippen LogP contribution in [0.25, 0.3) is 0 Å². The Labute approximate surface area is 117 Å². The Hall–Kier alpha value is -0.820. The molecule has 3 rings (SSSR count). The number of fused-ring (bicyclic) bond motifs is 1. The van der Waals surface area contributed by atoms with Gasteiger partial charge in [-0.1, -0.05) is 44.0 Å². The molecule has 0 heterocycles. The highest BCUT2D eigenvalue weighted by molar-refractivity contribution is 5.30. The van der Waals surface area contributed by atoms with E-state index in [0.717, 1.165) is 24.4 Å². The molecule has 1 aromatic rings. The summed E-state index contributed by atoms with van der Waals surface area (Å²) in [5.41, 5.74) is 3.20. The highest BCUT2D eigenvalue weighted by atomic mass is 14.9. The first-order valence-electron chi connectivity index (χ1n) is 8.17. The van der Waals surface area contributed by atoms with Gasteiger partial charge in [0.05, 0.1) is 0 Å². The number of benzene rings is 1. The molecule has 1 N–H and O–H groups in total. The lowest BCUT2D eigenvalue weighted by molar-refractivity contribution is 0.300. The first-order valence-corrected chi connectivity index (χ1v) is 8.17. The molecule has 2 aliphatic rings. The molecule has 0 amide bonds. The lowest BCUT2D eigenvalue weighted by atomic mass is 9.78. The summed E-state index contributed by atoms with van der Waals surface area (Å²) in [4.78, 5) is 0. The van der Waals surface area contributed by atoms with Gasteiger partial charge in [-0.3, -0.25) is 0 Å². The van der Waals surface area contributed by atoms with Crippen molar-refractivity contribution in [3.63, 3.8) is 0 Å². The third-order valence-electron chi connectivity index (χ3n) is 5.00. The van der Waals surface area contributed by atoms with E-state index in [0.29, 0.717) is 0 Å². The Morgan fingerprint density at radius 3 is 2.68 bits per heavy atom. The van der Waals surface area contributed by atoms with Crippen molar-refractivity contribution >= 4 is 0 Å². The third kappa shape index (κ3) is 3.39. The molecule has 2 atom stereocenters. The lowest BCUT2D eigenvalue weighted by Crippen LogP contribution is -2.39. The summed E-state index contributed by atoms with van der Waals surface area (Å²) in [7, 11) is 0. The molecule has 19 heavy (non-hydrogen) atoms. The summed E-state index contributed by atoms with van der Waals surface area (Å²) >= 11 is 0. The van der Waals surface area contributed by atoms with Crippen molar-refractivity contribution in [2.45, 2.75) is 57.9 Å². The standard InChI is InChI=1S/C18H27N/c1-2-19-18(12-9-14-7-8-14)17-11-10-15-5-3-4-6-16(15)13-17/h3-6,14,17-19H,2,7-13H2,1H3. The molecule has 0 aromatic heterocycles. The molecule has 0 saturated heterocycles. The number of rotatable bonds is 6. The van der Waals surface area contributed by atoms with Crippen LogP contribution >= 0.6 is 0 Å². The highest BCUT2D eigenvalue weighted by Gasteiger charge is 2.28. The van der Waals surface area contributed by atoms with Crippen LogP contribution < -0.4 is 5.32 Å². The van der Waals surface area contributed by atoms with E-state index in [-0.39, 0.29) is 0 Å². The second-order valence-electron chi connectivity index (χ2n) is 6.46. The molecule has 1 nitrogen and oxygen atoms in total. The largest absolute Gasteiger partial charge is 0.314 e. The minimum absolute atomic E-state index is 0.749. The Morgan fingerprint density at radius 2 is 1.95 bits per heavy atom. The summed E-state index contributed by atoms with van der Waals surface area (Å²) in [6.45, 7) is 3.37. The van der Waals surface area contributed by atoms with Crippen molar-refractivity contribution < 1.29 is 0 Å². The molecular weight excluding hydrogens is 230 g/mol. The van der Waals surface area contributed by atoms with Gasteiger partial charge in [-0.15, -0.1) is 0 Å². The predicted molar refractivity (Wildman–Crippen MR) is 81.4 cm³/mol. The fraction of sp³-hybridized carbons (Fsp3) is 0.667. The van der Waals surface area contributed by atoms with Crippen LogP contribution in [0.4, 0.5) is 0 Å². The fourth-order valence-corrected chi connectivity index (χ4v) is 3.66. The Bertz CT molecular complexity index is 408. The minimum Gasteiger partial charge on any atom is -0.314 e. The third-order valence-corrected chi connectivity index (χ3v) is 5.00. The van der Waals surface area contributed by atoms with Gasteiger partial charge in [-0.05, 0) is 61.6 Å². The van der Waals surface area contributed by atoms with Crippen LogP contribution in [-0.4, -0.2) is 12.6 Å². The van der Waals surface area contributed by atoms with Gasteiger partial charge >= 0.3 is 0 Å². The Balaban J connectivity index is 1.62. The number of nitrogens with one attached hydrogen (secondary N) is 1. The first kappa shape index (κ1) is 13.2. The number of hydrogen-bond acceptors (Lipinski definition) is 1. The van der Waals surface area contributed by atoms with Crippen LogP contribution in [0.15, 0.2) is 24.3 Å². The lowest BCUT2D eigenvalue weighted by Gasteiger charge is -2.32. The van der Waals surface area contributed by atoms with E-state index < -0.39 is 0 Å².